The maximum absolute atomic E-state index is 11.7. The minimum Gasteiger partial charge on any atom is -0.384 e. The second kappa shape index (κ2) is 4.39. The van der Waals surface area contributed by atoms with E-state index in [-0.39, 0.29) is 5.91 Å². The van der Waals surface area contributed by atoms with Gasteiger partial charge in [0.1, 0.15) is 5.82 Å². The molecule has 1 rings (SSSR count). The number of hydrogen-bond acceptors (Lipinski definition) is 4. The molecular weight excluding hydrogens is 196 g/mol. The molecule has 1 aromatic heterocycles. The van der Waals surface area contributed by atoms with Gasteiger partial charge in [0.05, 0.1) is 12.0 Å². The lowest BCUT2D eigenvalue weighted by Crippen LogP contribution is -2.34. The van der Waals surface area contributed by atoms with Gasteiger partial charge in [-0.2, -0.15) is 4.98 Å². The monoisotopic (exact) mass is 212 g/mol. The van der Waals surface area contributed by atoms with Crippen molar-refractivity contribution < 1.29 is 9.53 Å². The maximum Gasteiger partial charge on any atom is 0.248 e. The molecule has 0 aromatic carbocycles. The molecule has 2 N–H and O–H groups in total. The summed E-state index contributed by atoms with van der Waals surface area (Å²) in [6, 6.07) is 0. The van der Waals surface area contributed by atoms with Crippen LogP contribution in [-0.2, 0) is 9.53 Å². The normalized spacial score (nSPS) is 11.5. The van der Waals surface area contributed by atoms with Crippen LogP contribution in [0.2, 0.25) is 0 Å². The van der Waals surface area contributed by atoms with Crippen molar-refractivity contribution in [2.75, 3.05) is 19.0 Å². The third-order valence-corrected chi connectivity index (χ3v) is 1.94. The van der Waals surface area contributed by atoms with E-state index in [9.17, 15) is 4.79 Å². The van der Waals surface area contributed by atoms with Crippen molar-refractivity contribution in [3.8, 4) is 0 Å². The Balaban J connectivity index is 2.63. The van der Waals surface area contributed by atoms with Gasteiger partial charge in [-0.25, -0.2) is 0 Å². The summed E-state index contributed by atoms with van der Waals surface area (Å²) in [7, 11) is 1.56. The average Bonchev–Trinajstić information content (AvgIpc) is 2.51. The molecule has 1 amide bonds. The Kier molecular flexibility index (Phi) is 3.41. The molecular formula is C9H16N4O2. The number of hydrogen-bond donors (Lipinski definition) is 2. The molecule has 0 aliphatic heterocycles. The van der Waals surface area contributed by atoms with Crippen molar-refractivity contribution in [2.45, 2.75) is 20.8 Å². The molecule has 0 radical (unpaired) electrons. The molecule has 84 valence electrons. The van der Waals surface area contributed by atoms with Crippen LogP contribution in [0.25, 0.3) is 0 Å². The number of ether oxygens (including phenoxy) is 1. The Morgan fingerprint density at radius 1 is 1.60 bits per heavy atom. The van der Waals surface area contributed by atoms with Crippen LogP contribution >= 0.6 is 0 Å². The van der Waals surface area contributed by atoms with Crippen molar-refractivity contribution in [2.24, 2.45) is 5.41 Å². The van der Waals surface area contributed by atoms with Gasteiger partial charge in [0, 0.05) is 7.11 Å². The lowest BCUT2D eigenvalue weighted by Gasteiger charge is -2.21. The molecule has 0 unspecified atom stereocenters. The first-order valence-corrected chi connectivity index (χ1v) is 4.65. The van der Waals surface area contributed by atoms with E-state index in [0.29, 0.717) is 18.4 Å². The van der Waals surface area contributed by atoms with Gasteiger partial charge in [-0.3, -0.25) is 15.2 Å². The number of aryl methyl sites for hydroxylation is 1. The van der Waals surface area contributed by atoms with Crippen LogP contribution in [0, 0.1) is 12.3 Å². The number of H-pyrrole nitrogens is 1. The fraction of sp³-hybridized carbons (Fsp3) is 0.667. The Morgan fingerprint density at radius 2 is 2.27 bits per heavy atom. The van der Waals surface area contributed by atoms with Gasteiger partial charge in [-0.15, -0.1) is 5.10 Å². The number of nitrogens with one attached hydrogen (secondary N) is 2. The first-order chi connectivity index (χ1) is 6.95. The lowest BCUT2D eigenvalue weighted by molar-refractivity contribution is -0.126. The van der Waals surface area contributed by atoms with Crippen molar-refractivity contribution in [1.29, 1.82) is 0 Å². The van der Waals surface area contributed by atoms with Gasteiger partial charge in [-0.05, 0) is 20.8 Å². The van der Waals surface area contributed by atoms with E-state index in [2.05, 4.69) is 20.5 Å². The van der Waals surface area contributed by atoms with Gasteiger partial charge in [0.15, 0.2) is 0 Å². The third kappa shape index (κ3) is 3.02. The zero-order valence-electron chi connectivity index (χ0n) is 9.42. The average molecular weight is 212 g/mol. The zero-order chi connectivity index (χ0) is 11.5. The first-order valence-electron chi connectivity index (χ1n) is 4.65. The molecule has 0 aliphatic rings. The van der Waals surface area contributed by atoms with E-state index in [1.807, 2.05) is 0 Å². The minimum atomic E-state index is -0.594. The summed E-state index contributed by atoms with van der Waals surface area (Å²) in [5, 5.41) is 9.09. The van der Waals surface area contributed by atoms with Crippen molar-refractivity contribution in [3.05, 3.63) is 5.82 Å². The summed E-state index contributed by atoms with van der Waals surface area (Å²) in [5.74, 6) is 0.792. The number of methoxy groups -OCH3 is 1. The molecule has 0 saturated carbocycles. The second-order valence-corrected chi connectivity index (χ2v) is 4.02. The van der Waals surface area contributed by atoms with E-state index in [4.69, 9.17) is 4.74 Å². The van der Waals surface area contributed by atoms with E-state index in [1.165, 1.54) is 0 Å². The highest BCUT2D eigenvalue weighted by Crippen LogP contribution is 2.17. The smallest absolute Gasteiger partial charge is 0.248 e. The Labute approximate surface area is 88.4 Å². The Hall–Kier alpha value is -1.43. The number of amides is 1. The number of aromatic amines is 1. The summed E-state index contributed by atoms with van der Waals surface area (Å²) in [6.07, 6.45) is 0. The predicted octanol–water partition coefficient (Wildman–Crippen LogP) is 0.724. The first kappa shape index (κ1) is 11.6. The standard InChI is InChI=1S/C9H16N4O2/c1-6-10-8(13-12-6)11-7(14)9(2,3)5-15-4/h5H2,1-4H3,(H2,10,11,12,13,14). The van der Waals surface area contributed by atoms with E-state index < -0.39 is 5.41 Å². The van der Waals surface area contributed by atoms with Crippen LogP contribution < -0.4 is 5.32 Å². The van der Waals surface area contributed by atoms with E-state index in [0.717, 1.165) is 0 Å². The van der Waals surface area contributed by atoms with Crippen LogP contribution in [0.4, 0.5) is 5.95 Å². The molecule has 0 saturated heterocycles. The fourth-order valence-corrected chi connectivity index (χ4v) is 1.10. The van der Waals surface area contributed by atoms with Crippen molar-refractivity contribution in [1.82, 2.24) is 15.2 Å². The van der Waals surface area contributed by atoms with Gasteiger partial charge in [0.2, 0.25) is 11.9 Å². The van der Waals surface area contributed by atoms with Crippen molar-refractivity contribution >= 4 is 11.9 Å². The minimum absolute atomic E-state index is 0.164. The number of carbonyl (C=O) groups is 1. The predicted molar refractivity (Wildman–Crippen MR) is 55.4 cm³/mol. The Bertz CT molecular complexity index is 346. The third-order valence-electron chi connectivity index (χ3n) is 1.94. The van der Waals surface area contributed by atoms with Crippen LogP contribution in [0.15, 0.2) is 0 Å². The summed E-state index contributed by atoms with van der Waals surface area (Å²) in [4.78, 5) is 15.7. The van der Waals surface area contributed by atoms with E-state index >= 15 is 0 Å². The van der Waals surface area contributed by atoms with E-state index in [1.54, 1.807) is 27.9 Å². The summed E-state index contributed by atoms with van der Waals surface area (Å²) < 4.78 is 4.96. The van der Waals surface area contributed by atoms with Crippen LogP contribution in [-0.4, -0.2) is 34.8 Å². The summed E-state index contributed by atoms with van der Waals surface area (Å²) in [5.41, 5.74) is -0.594. The highest BCUT2D eigenvalue weighted by molar-refractivity contribution is 5.93. The van der Waals surface area contributed by atoms with Crippen LogP contribution in [0.1, 0.15) is 19.7 Å². The van der Waals surface area contributed by atoms with Gasteiger partial charge in [0.25, 0.3) is 0 Å². The molecule has 0 bridgehead atoms. The maximum atomic E-state index is 11.7. The molecule has 0 aliphatic carbocycles. The molecule has 6 heteroatoms. The van der Waals surface area contributed by atoms with Gasteiger partial charge in [-0.1, -0.05) is 0 Å². The number of nitrogens with zero attached hydrogens (tertiary/aromatic N) is 2. The molecule has 0 atom stereocenters. The molecule has 1 heterocycles. The molecule has 1 aromatic rings. The summed E-state index contributed by atoms with van der Waals surface area (Å²) in [6.45, 7) is 5.71. The second-order valence-electron chi connectivity index (χ2n) is 4.02. The fourth-order valence-electron chi connectivity index (χ4n) is 1.10. The van der Waals surface area contributed by atoms with Gasteiger partial charge >= 0.3 is 0 Å². The summed E-state index contributed by atoms with van der Waals surface area (Å²) >= 11 is 0. The lowest BCUT2D eigenvalue weighted by atomic mass is 9.94. The number of anilines is 1. The molecule has 0 spiro atoms. The zero-order valence-corrected chi connectivity index (χ0v) is 9.42. The number of aromatic nitrogens is 3. The SMILES string of the molecule is COCC(C)(C)C(=O)Nc1n[nH]c(C)n1. The largest absolute Gasteiger partial charge is 0.384 e. The molecule has 6 nitrogen and oxygen atoms in total. The number of carbonyl (C=O) groups excluding carboxylic acids is 1. The molecule has 15 heavy (non-hydrogen) atoms. The highest BCUT2D eigenvalue weighted by Gasteiger charge is 2.28. The molecule has 0 fully saturated rings. The highest BCUT2D eigenvalue weighted by atomic mass is 16.5. The van der Waals surface area contributed by atoms with Crippen LogP contribution in [0.3, 0.4) is 0 Å². The van der Waals surface area contributed by atoms with Crippen molar-refractivity contribution in [3.63, 3.8) is 0 Å². The number of rotatable bonds is 4. The van der Waals surface area contributed by atoms with Gasteiger partial charge < -0.3 is 4.74 Å². The Morgan fingerprint density at radius 3 is 2.73 bits per heavy atom. The van der Waals surface area contributed by atoms with Crippen LogP contribution in [0.5, 0.6) is 0 Å². The quantitative estimate of drug-likeness (QED) is 0.770. The topological polar surface area (TPSA) is 79.9 Å².